The van der Waals surface area contributed by atoms with E-state index in [1.165, 1.54) is 12.1 Å². The smallest absolute Gasteiger partial charge is 0.433 e. The molecule has 2 aromatic heterocycles. The van der Waals surface area contributed by atoms with E-state index in [4.69, 9.17) is 0 Å². The van der Waals surface area contributed by atoms with Gasteiger partial charge in [0.2, 0.25) is 0 Å². The lowest BCUT2D eigenvalue weighted by Gasteiger charge is -2.30. The van der Waals surface area contributed by atoms with Gasteiger partial charge < -0.3 is 10.4 Å². The van der Waals surface area contributed by atoms with Crippen LogP contribution in [0.4, 0.5) is 18.9 Å². The van der Waals surface area contributed by atoms with Crippen LogP contribution in [-0.2, 0) is 6.18 Å². The Labute approximate surface area is 194 Å². The second kappa shape index (κ2) is 9.08. The molecule has 2 N–H and O–H groups in total. The molecule has 0 aliphatic heterocycles. The molecule has 0 spiro atoms. The van der Waals surface area contributed by atoms with Crippen molar-refractivity contribution < 1.29 is 27.9 Å². The van der Waals surface area contributed by atoms with Crippen LogP contribution >= 0.6 is 0 Å². The SMILES string of the molecule is CC(C)C1CCC(n2cc3cc(NC(=O)c4cccc(C(F)(F)F)n4)c(C(=O)O)cc3n2)CC1. The third-order valence-corrected chi connectivity index (χ3v) is 6.47. The molecule has 1 fully saturated rings. The maximum Gasteiger partial charge on any atom is 0.433 e. The number of pyridine rings is 1. The Morgan fingerprint density at radius 2 is 1.85 bits per heavy atom. The maximum absolute atomic E-state index is 12.9. The van der Waals surface area contributed by atoms with E-state index in [1.807, 2.05) is 10.9 Å². The number of carboxylic acids is 1. The molecule has 0 saturated heterocycles. The van der Waals surface area contributed by atoms with E-state index in [0.717, 1.165) is 43.9 Å². The van der Waals surface area contributed by atoms with Crippen molar-refractivity contribution in [3.05, 3.63) is 53.5 Å². The van der Waals surface area contributed by atoms with Gasteiger partial charge >= 0.3 is 12.1 Å². The molecule has 0 atom stereocenters. The number of nitrogens with zero attached hydrogens (tertiary/aromatic N) is 3. The standard InChI is InChI=1S/C24H25F3N4O3/c1-13(2)14-6-8-16(9-7-14)31-12-15-10-20(17(23(33)34)11-19(15)30-31)29-22(32)18-4-3-5-21(28-18)24(25,26)27/h3-5,10-14,16H,6-9H2,1-2H3,(H,29,32)(H,33,34). The minimum absolute atomic E-state index is 0.0349. The zero-order valence-electron chi connectivity index (χ0n) is 18.8. The molecule has 0 unspecified atom stereocenters. The highest BCUT2D eigenvalue weighted by molar-refractivity contribution is 6.08. The fourth-order valence-electron chi connectivity index (χ4n) is 4.50. The summed E-state index contributed by atoms with van der Waals surface area (Å²) < 4.78 is 40.7. The molecule has 34 heavy (non-hydrogen) atoms. The Morgan fingerprint density at radius 1 is 1.15 bits per heavy atom. The second-order valence-corrected chi connectivity index (χ2v) is 9.04. The summed E-state index contributed by atoms with van der Waals surface area (Å²) in [7, 11) is 0. The number of benzene rings is 1. The van der Waals surface area contributed by atoms with Gasteiger partial charge in [0.25, 0.3) is 5.91 Å². The number of carbonyl (C=O) groups is 2. The fourth-order valence-corrected chi connectivity index (χ4v) is 4.50. The van der Waals surface area contributed by atoms with E-state index < -0.39 is 29.4 Å². The first kappa shape index (κ1) is 23.7. The number of rotatable bonds is 5. The molecule has 10 heteroatoms. The molecule has 1 saturated carbocycles. The van der Waals surface area contributed by atoms with Gasteiger partial charge in [0.1, 0.15) is 11.4 Å². The molecule has 7 nitrogen and oxygen atoms in total. The number of carbonyl (C=O) groups excluding carboxylic acids is 1. The summed E-state index contributed by atoms with van der Waals surface area (Å²) in [6.07, 6.45) is 1.28. The summed E-state index contributed by atoms with van der Waals surface area (Å²) >= 11 is 0. The quantitative estimate of drug-likeness (QED) is 0.488. The van der Waals surface area contributed by atoms with Gasteiger partial charge in [0.15, 0.2) is 0 Å². The summed E-state index contributed by atoms with van der Waals surface area (Å²) in [5.74, 6) is -0.909. The van der Waals surface area contributed by atoms with E-state index in [2.05, 4.69) is 29.2 Å². The fraction of sp³-hybridized carbons (Fsp3) is 0.417. The topological polar surface area (TPSA) is 97.1 Å². The highest BCUT2D eigenvalue weighted by Gasteiger charge is 2.33. The zero-order valence-corrected chi connectivity index (χ0v) is 18.8. The highest BCUT2D eigenvalue weighted by atomic mass is 19.4. The van der Waals surface area contributed by atoms with Crippen LogP contribution in [0.1, 0.15) is 72.1 Å². The number of hydrogen-bond donors (Lipinski definition) is 2. The van der Waals surface area contributed by atoms with Gasteiger partial charge in [-0.1, -0.05) is 19.9 Å². The summed E-state index contributed by atoms with van der Waals surface area (Å²) in [4.78, 5) is 27.8. The summed E-state index contributed by atoms with van der Waals surface area (Å²) in [6.45, 7) is 4.46. The third kappa shape index (κ3) is 4.90. The average Bonchev–Trinajstić information content (AvgIpc) is 3.21. The number of alkyl halides is 3. The Morgan fingerprint density at radius 3 is 2.47 bits per heavy atom. The van der Waals surface area contributed by atoms with Crippen molar-refractivity contribution in [2.45, 2.75) is 51.7 Å². The van der Waals surface area contributed by atoms with Crippen molar-refractivity contribution in [1.82, 2.24) is 14.8 Å². The predicted molar refractivity (Wildman–Crippen MR) is 120 cm³/mol. The molecule has 1 aliphatic carbocycles. The van der Waals surface area contributed by atoms with Gasteiger partial charge in [0.05, 0.1) is 22.8 Å². The first-order chi connectivity index (χ1) is 16.0. The first-order valence-electron chi connectivity index (χ1n) is 11.1. The number of halogens is 3. The lowest BCUT2D eigenvalue weighted by molar-refractivity contribution is -0.141. The van der Waals surface area contributed by atoms with Gasteiger partial charge in [-0.15, -0.1) is 0 Å². The number of amides is 1. The Hall–Kier alpha value is -3.43. The number of fused-ring (bicyclic) bond motifs is 1. The summed E-state index contributed by atoms with van der Waals surface area (Å²) in [5, 5.41) is 17.2. The van der Waals surface area contributed by atoms with Crippen LogP contribution in [0.25, 0.3) is 10.9 Å². The molecule has 1 aliphatic rings. The van der Waals surface area contributed by atoms with Gasteiger partial charge in [-0.25, -0.2) is 9.78 Å². The van der Waals surface area contributed by atoms with Crippen LogP contribution < -0.4 is 5.32 Å². The molecule has 3 aromatic rings. The molecule has 1 aromatic carbocycles. The van der Waals surface area contributed by atoms with Crippen molar-refractivity contribution in [3.8, 4) is 0 Å². The molecular formula is C24H25F3N4O3. The van der Waals surface area contributed by atoms with Gasteiger partial charge in [-0.05, 0) is 61.8 Å². The van der Waals surface area contributed by atoms with Crippen LogP contribution in [0, 0.1) is 11.8 Å². The molecular weight excluding hydrogens is 449 g/mol. The zero-order chi connectivity index (χ0) is 24.6. The Balaban J connectivity index is 1.61. The van der Waals surface area contributed by atoms with Crippen LogP contribution in [0.2, 0.25) is 0 Å². The van der Waals surface area contributed by atoms with Gasteiger partial charge in [0, 0.05) is 11.6 Å². The van der Waals surface area contributed by atoms with Gasteiger partial charge in [-0.3, -0.25) is 9.48 Å². The maximum atomic E-state index is 12.9. The number of carboxylic acid groups (broad SMARTS) is 1. The van der Waals surface area contributed by atoms with Crippen LogP contribution in [0.5, 0.6) is 0 Å². The molecule has 0 bridgehead atoms. The van der Waals surface area contributed by atoms with E-state index in [1.54, 1.807) is 0 Å². The van der Waals surface area contributed by atoms with E-state index in [0.29, 0.717) is 22.7 Å². The van der Waals surface area contributed by atoms with E-state index in [9.17, 15) is 27.9 Å². The number of aromatic nitrogens is 3. The van der Waals surface area contributed by atoms with Crippen molar-refractivity contribution in [1.29, 1.82) is 0 Å². The van der Waals surface area contributed by atoms with Crippen LogP contribution in [0.3, 0.4) is 0 Å². The third-order valence-electron chi connectivity index (χ3n) is 6.47. The largest absolute Gasteiger partial charge is 0.478 e. The molecule has 1 amide bonds. The van der Waals surface area contributed by atoms with Crippen LogP contribution in [0.15, 0.2) is 36.5 Å². The molecule has 4 rings (SSSR count). The van der Waals surface area contributed by atoms with Crippen molar-refractivity contribution in [2.75, 3.05) is 5.32 Å². The predicted octanol–water partition coefficient (Wildman–Crippen LogP) is 5.79. The lowest BCUT2D eigenvalue weighted by atomic mass is 9.80. The average molecular weight is 474 g/mol. The second-order valence-electron chi connectivity index (χ2n) is 9.04. The lowest BCUT2D eigenvalue weighted by Crippen LogP contribution is -2.21. The molecule has 180 valence electrons. The monoisotopic (exact) mass is 474 g/mol. The highest BCUT2D eigenvalue weighted by Crippen LogP contribution is 2.36. The first-order valence-corrected chi connectivity index (χ1v) is 11.1. The number of anilines is 1. The number of hydrogen-bond acceptors (Lipinski definition) is 4. The normalized spacial score (nSPS) is 18.9. The van der Waals surface area contributed by atoms with Crippen LogP contribution in [-0.4, -0.2) is 31.7 Å². The van der Waals surface area contributed by atoms with Crippen molar-refractivity contribution in [3.63, 3.8) is 0 Å². The van der Waals surface area contributed by atoms with Crippen molar-refractivity contribution >= 4 is 28.5 Å². The minimum atomic E-state index is -4.70. The van der Waals surface area contributed by atoms with E-state index in [-0.39, 0.29) is 17.3 Å². The number of aromatic carboxylic acids is 1. The van der Waals surface area contributed by atoms with Gasteiger partial charge in [-0.2, -0.15) is 18.3 Å². The summed E-state index contributed by atoms with van der Waals surface area (Å²) in [5.41, 5.74) is -1.45. The minimum Gasteiger partial charge on any atom is -0.478 e. The Kier molecular flexibility index (Phi) is 6.33. The Bertz CT molecular complexity index is 1230. The molecule has 0 radical (unpaired) electrons. The van der Waals surface area contributed by atoms with E-state index >= 15 is 0 Å². The summed E-state index contributed by atoms with van der Waals surface area (Å²) in [6, 6.07) is 6.02. The number of nitrogens with one attached hydrogen (secondary N) is 1. The molecule has 2 heterocycles. The van der Waals surface area contributed by atoms with Crippen molar-refractivity contribution in [2.24, 2.45) is 11.8 Å².